The van der Waals surface area contributed by atoms with E-state index in [1.165, 1.54) is 0 Å². The summed E-state index contributed by atoms with van der Waals surface area (Å²) in [6.07, 6.45) is 0.758. The number of aromatic nitrogens is 1. The van der Waals surface area contributed by atoms with Crippen LogP contribution in [0.25, 0.3) is 0 Å². The molecule has 0 aliphatic rings. The molecular weight excluding hydrogens is 420 g/mol. The van der Waals surface area contributed by atoms with Gasteiger partial charge in [0.1, 0.15) is 11.4 Å². The quantitative estimate of drug-likeness (QED) is 0.386. The summed E-state index contributed by atoms with van der Waals surface area (Å²) in [6.45, 7) is 11.9. The van der Waals surface area contributed by atoms with Gasteiger partial charge in [-0.2, -0.15) is 0 Å². The fourth-order valence-electron chi connectivity index (χ4n) is 3.97. The molecule has 7 nitrogen and oxygen atoms in total. The summed E-state index contributed by atoms with van der Waals surface area (Å²) in [4.78, 5) is 41.3. The third kappa shape index (κ3) is 5.64. The molecular formula is C26H36N2O5. The topological polar surface area (TPSA) is 77.8 Å². The summed E-state index contributed by atoms with van der Waals surface area (Å²) in [5, 5.41) is 0. The van der Waals surface area contributed by atoms with E-state index in [1.54, 1.807) is 75.6 Å². The maximum absolute atomic E-state index is 13.7. The highest BCUT2D eigenvalue weighted by Crippen LogP contribution is 2.26. The number of methoxy groups -OCH3 is 1. The number of ether oxygens (including phenoxy) is 2. The van der Waals surface area contributed by atoms with Crippen molar-refractivity contribution >= 4 is 17.7 Å². The average Bonchev–Trinajstić information content (AvgIpc) is 3.01. The monoisotopic (exact) mass is 456 g/mol. The molecule has 0 spiro atoms. The van der Waals surface area contributed by atoms with Gasteiger partial charge in [-0.25, -0.2) is 4.79 Å². The van der Waals surface area contributed by atoms with Gasteiger partial charge in [-0.05, 0) is 63.8 Å². The molecule has 0 saturated heterocycles. The van der Waals surface area contributed by atoms with Gasteiger partial charge >= 0.3 is 5.97 Å². The van der Waals surface area contributed by atoms with Crippen molar-refractivity contribution in [3.05, 3.63) is 52.3 Å². The lowest BCUT2D eigenvalue weighted by Crippen LogP contribution is -2.44. The van der Waals surface area contributed by atoms with E-state index in [0.29, 0.717) is 46.3 Å². The number of carbonyl (C=O) groups excluding carboxylic acids is 3. The van der Waals surface area contributed by atoms with E-state index in [9.17, 15) is 14.4 Å². The number of nitrogens with zero attached hydrogens (tertiary/aromatic N) is 2. The second kappa shape index (κ2) is 11.2. The Labute approximate surface area is 196 Å². The van der Waals surface area contributed by atoms with E-state index in [2.05, 4.69) is 13.8 Å². The molecule has 1 atom stereocenters. The van der Waals surface area contributed by atoms with E-state index >= 15 is 0 Å². The molecule has 2 rings (SSSR count). The summed E-state index contributed by atoms with van der Waals surface area (Å²) in [5.41, 5.74) is 2.53. The molecule has 1 amide bonds. The van der Waals surface area contributed by atoms with Crippen LogP contribution in [0.3, 0.4) is 0 Å². The van der Waals surface area contributed by atoms with Crippen molar-refractivity contribution in [1.82, 2.24) is 9.47 Å². The Bertz CT molecular complexity index is 1020. The van der Waals surface area contributed by atoms with Crippen LogP contribution in [0, 0.1) is 19.8 Å². The van der Waals surface area contributed by atoms with Crippen molar-refractivity contribution in [1.29, 1.82) is 0 Å². The number of ketones is 1. The number of hydrogen-bond acceptors (Lipinski definition) is 5. The Morgan fingerprint density at radius 3 is 2.36 bits per heavy atom. The number of benzene rings is 1. The number of hydrogen-bond donors (Lipinski definition) is 0. The molecule has 0 aliphatic carbocycles. The third-order valence-corrected chi connectivity index (χ3v) is 6.02. The predicted molar refractivity (Wildman–Crippen MR) is 128 cm³/mol. The first-order chi connectivity index (χ1) is 15.5. The van der Waals surface area contributed by atoms with E-state index in [0.717, 1.165) is 6.42 Å². The maximum Gasteiger partial charge on any atom is 0.355 e. The van der Waals surface area contributed by atoms with Crippen molar-refractivity contribution in [2.45, 2.75) is 54.0 Å². The average molecular weight is 457 g/mol. The van der Waals surface area contributed by atoms with Gasteiger partial charge in [0.05, 0.1) is 19.8 Å². The first-order valence-corrected chi connectivity index (χ1v) is 11.4. The zero-order valence-electron chi connectivity index (χ0n) is 21.0. The second-order valence-electron chi connectivity index (χ2n) is 8.67. The second-order valence-corrected chi connectivity index (χ2v) is 8.67. The number of esters is 1. The smallest absolute Gasteiger partial charge is 0.355 e. The van der Waals surface area contributed by atoms with Crippen molar-refractivity contribution < 1.29 is 23.9 Å². The van der Waals surface area contributed by atoms with Gasteiger partial charge in [-0.15, -0.1) is 0 Å². The van der Waals surface area contributed by atoms with Crippen molar-refractivity contribution in [3.8, 4) is 5.75 Å². The van der Waals surface area contributed by atoms with Crippen molar-refractivity contribution in [2.75, 3.05) is 20.3 Å². The molecule has 1 heterocycles. The normalized spacial score (nSPS) is 11.9. The molecule has 0 saturated carbocycles. The first-order valence-electron chi connectivity index (χ1n) is 11.4. The molecule has 0 aliphatic heterocycles. The van der Waals surface area contributed by atoms with Crippen LogP contribution in [0.15, 0.2) is 24.3 Å². The number of carbonyl (C=O) groups is 3. The zero-order chi connectivity index (χ0) is 24.9. The maximum atomic E-state index is 13.7. The van der Waals surface area contributed by atoms with Crippen LogP contribution in [0.2, 0.25) is 0 Å². The number of rotatable bonds is 10. The number of amides is 1. The SMILES string of the molecule is CCOC(=O)c1c(C)c(C(=O)C(C)N(CCC(C)C)C(=O)c2cccc(OC)c2)c(C)n1C. The van der Waals surface area contributed by atoms with Gasteiger partial charge in [0, 0.05) is 30.4 Å². The molecule has 1 unspecified atom stereocenters. The molecule has 33 heavy (non-hydrogen) atoms. The zero-order valence-corrected chi connectivity index (χ0v) is 21.0. The lowest BCUT2D eigenvalue weighted by molar-refractivity contribution is 0.0513. The highest BCUT2D eigenvalue weighted by molar-refractivity contribution is 6.07. The van der Waals surface area contributed by atoms with Crippen LogP contribution < -0.4 is 4.74 Å². The Balaban J connectivity index is 2.47. The number of Topliss-reactive ketones (excluding diaryl/α,β-unsaturated/α-hetero) is 1. The minimum Gasteiger partial charge on any atom is -0.497 e. The molecule has 180 valence electrons. The lowest BCUT2D eigenvalue weighted by Gasteiger charge is -2.29. The van der Waals surface area contributed by atoms with Crippen LogP contribution in [0.1, 0.15) is 76.6 Å². The fourth-order valence-corrected chi connectivity index (χ4v) is 3.97. The van der Waals surface area contributed by atoms with Gasteiger partial charge in [0.2, 0.25) is 0 Å². The van der Waals surface area contributed by atoms with Crippen LogP contribution >= 0.6 is 0 Å². The minimum absolute atomic E-state index is 0.198. The first kappa shape index (κ1) is 26.2. The summed E-state index contributed by atoms with van der Waals surface area (Å²) in [7, 11) is 3.29. The van der Waals surface area contributed by atoms with Crippen LogP contribution in [-0.4, -0.2) is 53.4 Å². The van der Waals surface area contributed by atoms with Crippen molar-refractivity contribution in [3.63, 3.8) is 0 Å². The van der Waals surface area contributed by atoms with Gasteiger partial charge in [-0.3, -0.25) is 9.59 Å². The Hall–Kier alpha value is -3.09. The van der Waals surface area contributed by atoms with Crippen molar-refractivity contribution in [2.24, 2.45) is 13.0 Å². The van der Waals surface area contributed by atoms with E-state index in [4.69, 9.17) is 9.47 Å². The standard InChI is InChI=1S/C26H36N2O5/c1-9-33-26(31)23-17(4)22(18(5)27(23)7)24(29)19(6)28(14-13-16(2)3)25(30)20-11-10-12-21(15-20)32-8/h10-12,15-16,19H,9,13-14H2,1-8H3. The lowest BCUT2D eigenvalue weighted by atomic mass is 9.98. The molecule has 0 fully saturated rings. The van der Waals surface area contributed by atoms with Gasteiger partial charge in [-0.1, -0.05) is 19.9 Å². The summed E-state index contributed by atoms with van der Waals surface area (Å²) in [5.74, 6) is 0.0563. The molecule has 1 aromatic carbocycles. The highest BCUT2D eigenvalue weighted by atomic mass is 16.5. The summed E-state index contributed by atoms with van der Waals surface area (Å²) < 4.78 is 12.1. The van der Waals surface area contributed by atoms with E-state index < -0.39 is 12.0 Å². The third-order valence-electron chi connectivity index (χ3n) is 6.02. The molecule has 0 N–H and O–H groups in total. The van der Waals surface area contributed by atoms with Crippen LogP contribution in [0.5, 0.6) is 5.75 Å². The van der Waals surface area contributed by atoms with Gasteiger partial charge in [0.25, 0.3) is 5.91 Å². The van der Waals surface area contributed by atoms with Crippen LogP contribution in [0.4, 0.5) is 0 Å². The predicted octanol–water partition coefficient (Wildman–Crippen LogP) is 4.59. The Kier molecular flexibility index (Phi) is 8.85. The van der Waals surface area contributed by atoms with E-state index in [-0.39, 0.29) is 18.3 Å². The van der Waals surface area contributed by atoms with E-state index in [1.807, 2.05) is 0 Å². The van der Waals surface area contributed by atoms with Gasteiger partial charge < -0.3 is 18.9 Å². The Morgan fingerprint density at radius 2 is 1.79 bits per heavy atom. The molecule has 0 bridgehead atoms. The molecule has 1 aromatic heterocycles. The molecule has 7 heteroatoms. The van der Waals surface area contributed by atoms with Crippen LogP contribution in [-0.2, 0) is 11.8 Å². The minimum atomic E-state index is -0.711. The highest BCUT2D eigenvalue weighted by Gasteiger charge is 2.33. The summed E-state index contributed by atoms with van der Waals surface area (Å²) in [6, 6.07) is 6.23. The van der Waals surface area contributed by atoms with Gasteiger partial charge in [0.15, 0.2) is 5.78 Å². The Morgan fingerprint density at radius 1 is 1.12 bits per heavy atom. The fraction of sp³-hybridized carbons (Fsp3) is 0.500. The molecule has 2 aromatic rings. The summed E-state index contributed by atoms with van der Waals surface area (Å²) >= 11 is 0. The largest absolute Gasteiger partial charge is 0.497 e. The molecule has 0 radical (unpaired) electrons.